The van der Waals surface area contributed by atoms with Crippen LogP contribution in [0.25, 0.3) is 0 Å². The molecule has 0 bridgehead atoms. The van der Waals surface area contributed by atoms with Crippen molar-refractivity contribution in [3.05, 3.63) is 0 Å². The molecule has 0 aromatic rings. The van der Waals surface area contributed by atoms with Crippen LogP contribution in [-0.4, -0.2) is 23.0 Å². The molecule has 3 unspecified atom stereocenters. The minimum Gasteiger partial charge on any atom is -0.481 e. The highest BCUT2D eigenvalue weighted by atomic mass is 16.4. The SMILES string of the molecule is CC(NC(=O)C1C(C(=O)O)C1(C)C)C1CCCCC1. The fourth-order valence-corrected chi connectivity index (χ4v) is 3.65. The normalized spacial score (nSPS) is 31.5. The van der Waals surface area contributed by atoms with E-state index in [0.717, 1.165) is 0 Å². The molecule has 0 aliphatic heterocycles. The van der Waals surface area contributed by atoms with Crippen molar-refractivity contribution < 1.29 is 14.7 Å². The van der Waals surface area contributed by atoms with Crippen LogP contribution >= 0.6 is 0 Å². The zero-order valence-electron chi connectivity index (χ0n) is 12.1. The molecule has 1 amide bonds. The molecule has 2 rings (SSSR count). The second-order valence-electron chi connectivity index (χ2n) is 6.81. The largest absolute Gasteiger partial charge is 0.481 e. The smallest absolute Gasteiger partial charge is 0.307 e. The lowest BCUT2D eigenvalue weighted by Gasteiger charge is -2.28. The van der Waals surface area contributed by atoms with Gasteiger partial charge in [0.05, 0.1) is 11.8 Å². The summed E-state index contributed by atoms with van der Waals surface area (Å²) in [6, 6.07) is 0.165. The Morgan fingerprint density at radius 1 is 1.16 bits per heavy atom. The van der Waals surface area contributed by atoms with Crippen LogP contribution in [-0.2, 0) is 9.59 Å². The molecule has 2 N–H and O–H groups in total. The predicted octanol–water partition coefficient (Wildman–Crippen LogP) is 2.43. The molecule has 0 saturated heterocycles. The van der Waals surface area contributed by atoms with Gasteiger partial charge in [0.15, 0.2) is 0 Å². The summed E-state index contributed by atoms with van der Waals surface area (Å²) in [6.07, 6.45) is 6.15. The van der Waals surface area contributed by atoms with Crippen LogP contribution in [0.15, 0.2) is 0 Å². The molecule has 3 atom stereocenters. The first-order valence-electron chi connectivity index (χ1n) is 7.39. The maximum atomic E-state index is 12.2. The molecule has 4 heteroatoms. The van der Waals surface area contributed by atoms with Crippen LogP contribution in [0.4, 0.5) is 0 Å². The number of amides is 1. The molecule has 0 aromatic carbocycles. The molecule has 2 fully saturated rings. The second kappa shape index (κ2) is 5.14. The number of aliphatic carboxylic acids is 1. The number of carboxylic acids is 1. The van der Waals surface area contributed by atoms with Crippen LogP contribution in [0, 0.1) is 23.2 Å². The summed E-state index contributed by atoms with van der Waals surface area (Å²) < 4.78 is 0. The maximum absolute atomic E-state index is 12.2. The number of hydrogen-bond donors (Lipinski definition) is 2. The van der Waals surface area contributed by atoms with Gasteiger partial charge in [0, 0.05) is 6.04 Å². The maximum Gasteiger partial charge on any atom is 0.307 e. The fraction of sp³-hybridized carbons (Fsp3) is 0.867. The summed E-state index contributed by atoms with van der Waals surface area (Å²) in [5.74, 6) is -1.25. The predicted molar refractivity (Wildman–Crippen MR) is 72.6 cm³/mol. The van der Waals surface area contributed by atoms with E-state index >= 15 is 0 Å². The molecule has 2 aliphatic carbocycles. The summed E-state index contributed by atoms with van der Waals surface area (Å²) in [7, 11) is 0. The van der Waals surface area contributed by atoms with Crippen LogP contribution < -0.4 is 5.32 Å². The third kappa shape index (κ3) is 2.77. The summed E-state index contributed by atoms with van der Waals surface area (Å²) in [6.45, 7) is 5.78. The van der Waals surface area contributed by atoms with Crippen LogP contribution in [0.3, 0.4) is 0 Å². The molecular formula is C15H25NO3. The standard InChI is InChI=1S/C15H25NO3/c1-9(10-7-5-4-6-8-10)16-13(17)11-12(14(18)19)15(11,2)3/h9-12H,4-8H2,1-3H3,(H,16,17)(H,18,19). The molecule has 0 aromatic heterocycles. The summed E-state index contributed by atoms with van der Waals surface area (Å²) in [4.78, 5) is 23.3. The van der Waals surface area contributed by atoms with Gasteiger partial charge in [0.2, 0.25) is 5.91 Å². The van der Waals surface area contributed by atoms with Crippen molar-refractivity contribution >= 4 is 11.9 Å². The second-order valence-corrected chi connectivity index (χ2v) is 6.81. The van der Waals surface area contributed by atoms with Gasteiger partial charge in [-0.2, -0.15) is 0 Å². The van der Waals surface area contributed by atoms with Gasteiger partial charge in [-0.3, -0.25) is 9.59 Å². The van der Waals surface area contributed by atoms with E-state index in [1.54, 1.807) is 0 Å². The van der Waals surface area contributed by atoms with E-state index in [1.807, 2.05) is 13.8 Å². The molecule has 0 radical (unpaired) electrons. The van der Waals surface area contributed by atoms with Gasteiger partial charge in [0.1, 0.15) is 0 Å². The van der Waals surface area contributed by atoms with E-state index in [1.165, 1.54) is 32.1 Å². The van der Waals surface area contributed by atoms with Crippen molar-refractivity contribution in [1.82, 2.24) is 5.32 Å². The Kier molecular flexibility index (Phi) is 3.88. The van der Waals surface area contributed by atoms with Crippen LogP contribution in [0.1, 0.15) is 52.9 Å². The molecule has 19 heavy (non-hydrogen) atoms. The van der Waals surface area contributed by atoms with Crippen molar-refractivity contribution in [2.75, 3.05) is 0 Å². The minimum absolute atomic E-state index is 0.0736. The lowest BCUT2D eigenvalue weighted by molar-refractivity contribution is -0.140. The van der Waals surface area contributed by atoms with Gasteiger partial charge < -0.3 is 10.4 Å². The first-order chi connectivity index (χ1) is 8.85. The van der Waals surface area contributed by atoms with E-state index < -0.39 is 17.3 Å². The van der Waals surface area contributed by atoms with Crippen molar-refractivity contribution in [2.45, 2.75) is 58.9 Å². The van der Waals surface area contributed by atoms with Crippen molar-refractivity contribution in [3.8, 4) is 0 Å². The number of carbonyl (C=O) groups is 2. The first-order valence-corrected chi connectivity index (χ1v) is 7.39. The monoisotopic (exact) mass is 267 g/mol. The quantitative estimate of drug-likeness (QED) is 0.822. The number of hydrogen-bond acceptors (Lipinski definition) is 2. The van der Waals surface area contributed by atoms with E-state index in [9.17, 15) is 9.59 Å². The molecule has 4 nitrogen and oxygen atoms in total. The van der Waals surface area contributed by atoms with E-state index in [2.05, 4.69) is 12.2 Å². The molecule has 0 heterocycles. The molecule has 0 spiro atoms. The van der Waals surface area contributed by atoms with E-state index in [0.29, 0.717) is 5.92 Å². The Bertz CT molecular complexity index is 372. The summed E-state index contributed by atoms with van der Waals surface area (Å²) >= 11 is 0. The summed E-state index contributed by atoms with van der Waals surface area (Å²) in [5.41, 5.74) is -0.401. The topological polar surface area (TPSA) is 66.4 Å². The molecule has 108 valence electrons. The highest BCUT2D eigenvalue weighted by molar-refractivity contribution is 5.91. The van der Waals surface area contributed by atoms with Gasteiger partial charge in [-0.15, -0.1) is 0 Å². The number of carboxylic acid groups (broad SMARTS) is 1. The Labute approximate surface area is 115 Å². The van der Waals surface area contributed by atoms with Crippen molar-refractivity contribution in [3.63, 3.8) is 0 Å². The van der Waals surface area contributed by atoms with Gasteiger partial charge >= 0.3 is 5.97 Å². The third-order valence-corrected chi connectivity index (χ3v) is 5.10. The third-order valence-electron chi connectivity index (χ3n) is 5.10. The first kappa shape index (κ1) is 14.4. The van der Waals surface area contributed by atoms with Crippen molar-refractivity contribution in [2.24, 2.45) is 23.2 Å². The van der Waals surface area contributed by atoms with E-state index in [-0.39, 0.29) is 17.9 Å². The zero-order chi connectivity index (χ0) is 14.2. The van der Waals surface area contributed by atoms with Gasteiger partial charge in [-0.05, 0) is 31.1 Å². The minimum atomic E-state index is -0.851. The zero-order valence-corrected chi connectivity index (χ0v) is 12.1. The van der Waals surface area contributed by atoms with Gasteiger partial charge in [0.25, 0.3) is 0 Å². The number of rotatable bonds is 4. The Balaban J connectivity index is 1.89. The Morgan fingerprint density at radius 2 is 1.74 bits per heavy atom. The Morgan fingerprint density at radius 3 is 2.21 bits per heavy atom. The molecule has 2 saturated carbocycles. The van der Waals surface area contributed by atoms with Crippen LogP contribution in [0.2, 0.25) is 0 Å². The molecular weight excluding hydrogens is 242 g/mol. The Hall–Kier alpha value is -1.06. The van der Waals surface area contributed by atoms with Crippen molar-refractivity contribution in [1.29, 1.82) is 0 Å². The highest BCUT2D eigenvalue weighted by Gasteiger charge is 2.65. The number of nitrogens with one attached hydrogen (secondary N) is 1. The number of carbonyl (C=O) groups excluding carboxylic acids is 1. The average Bonchev–Trinajstić information content (AvgIpc) is 2.93. The highest BCUT2D eigenvalue weighted by Crippen LogP contribution is 2.58. The lowest BCUT2D eigenvalue weighted by atomic mass is 9.84. The lowest BCUT2D eigenvalue weighted by Crippen LogP contribution is -2.40. The average molecular weight is 267 g/mol. The van der Waals surface area contributed by atoms with Gasteiger partial charge in [-0.1, -0.05) is 33.1 Å². The van der Waals surface area contributed by atoms with E-state index in [4.69, 9.17) is 5.11 Å². The molecule has 2 aliphatic rings. The van der Waals surface area contributed by atoms with Crippen LogP contribution in [0.5, 0.6) is 0 Å². The summed E-state index contributed by atoms with van der Waals surface area (Å²) in [5, 5.41) is 12.2. The fourth-order valence-electron chi connectivity index (χ4n) is 3.65. The van der Waals surface area contributed by atoms with Gasteiger partial charge in [-0.25, -0.2) is 0 Å².